The van der Waals surface area contributed by atoms with E-state index >= 15 is 0 Å². The van der Waals surface area contributed by atoms with Crippen LogP contribution in [0.3, 0.4) is 0 Å². The molecular formula is C15H31N3O. The molecule has 0 aromatic carbocycles. The first-order chi connectivity index (χ1) is 8.99. The molecule has 3 unspecified atom stereocenters. The van der Waals surface area contributed by atoms with Gasteiger partial charge in [-0.15, -0.1) is 0 Å². The molecule has 0 radical (unpaired) electrons. The number of hydrogen-bond donors (Lipinski definition) is 2. The summed E-state index contributed by atoms with van der Waals surface area (Å²) in [6.45, 7) is 10.3. The van der Waals surface area contributed by atoms with Crippen LogP contribution < -0.4 is 11.1 Å². The molecule has 0 saturated carbocycles. The molecule has 0 aromatic rings. The molecule has 1 rings (SSSR count). The highest BCUT2D eigenvalue weighted by molar-refractivity contribution is 5.81. The Balaban J connectivity index is 2.51. The van der Waals surface area contributed by atoms with Gasteiger partial charge in [0.15, 0.2) is 0 Å². The summed E-state index contributed by atoms with van der Waals surface area (Å²) in [6, 6.07) is 0.489. The Morgan fingerprint density at radius 3 is 2.53 bits per heavy atom. The van der Waals surface area contributed by atoms with Crippen LogP contribution in [-0.2, 0) is 4.79 Å². The fourth-order valence-corrected chi connectivity index (χ4v) is 2.80. The van der Waals surface area contributed by atoms with Crippen molar-refractivity contribution in [2.75, 3.05) is 13.1 Å². The maximum Gasteiger partial charge on any atom is 0.237 e. The number of rotatable bonds is 6. The minimum Gasteiger partial charge on any atom is -0.352 e. The minimum absolute atomic E-state index is 0.0397. The third-order valence-corrected chi connectivity index (χ3v) is 4.49. The average Bonchev–Trinajstić information content (AvgIpc) is 2.43. The number of nitrogens with zero attached hydrogens (tertiary/aromatic N) is 1. The third kappa shape index (κ3) is 4.77. The number of hydrogen-bond acceptors (Lipinski definition) is 3. The van der Waals surface area contributed by atoms with E-state index < -0.39 is 0 Å². The molecule has 1 fully saturated rings. The van der Waals surface area contributed by atoms with Crippen LogP contribution in [-0.4, -0.2) is 42.0 Å². The fourth-order valence-electron chi connectivity index (χ4n) is 2.80. The first-order valence-electron chi connectivity index (χ1n) is 7.79. The van der Waals surface area contributed by atoms with Gasteiger partial charge in [-0.25, -0.2) is 0 Å². The number of piperidine rings is 1. The monoisotopic (exact) mass is 269 g/mol. The van der Waals surface area contributed by atoms with Gasteiger partial charge < -0.3 is 11.1 Å². The largest absolute Gasteiger partial charge is 0.352 e. The Kier molecular flexibility index (Phi) is 6.80. The normalized spacial score (nSPS) is 24.2. The SMILES string of the molecule is CCC(CC)NC(=O)C(C)N1CCCC(C(C)N)C1. The van der Waals surface area contributed by atoms with Crippen molar-refractivity contribution in [3.63, 3.8) is 0 Å². The average molecular weight is 269 g/mol. The molecule has 4 heteroatoms. The molecule has 112 valence electrons. The van der Waals surface area contributed by atoms with Gasteiger partial charge in [-0.05, 0) is 52.0 Å². The number of carbonyl (C=O) groups is 1. The second-order valence-electron chi connectivity index (χ2n) is 5.95. The van der Waals surface area contributed by atoms with E-state index in [0.717, 1.165) is 32.4 Å². The molecule has 1 aliphatic heterocycles. The molecule has 0 spiro atoms. The van der Waals surface area contributed by atoms with Gasteiger partial charge in [0.25, 0.3) is 0 Å². The zero-order valence-corrected chi connectivity index (χ0v) is 13.0. The van der Waals surface area contributed by atoms with Crippen LogP contribution in [0.5, 0.6) is 0 Å². The van der Waals surface area contributed by atoms with Crippen LogP contribution in [0.25, 0.3) is 0 Å². The van der Waals surface area contributed by atoms with Crippen LogP contribution in [0.1, 0.15) is 53.4 Å². The van der Waals surface area contributed by atoms with Crippen molar-refractivity contribution in [1.82, 2.24) is 10.2 Å². The predicted molar refractivity (Wildman–Crippen MR) is 79.9 cm³/mol. The smallest absolute Gasteiger partial charge is 0.237 e. The van der Waals surface area contributed by atoms with Crippen molar-refractivity contribution in [2.45, 2.75) is 71.5 Å². The highest BCUT2D eigenvalue weighted by atomic mass is 16.2. The Morgan fingerprint density at radius 1 is 1.37 bits per heavy atom. The van der Waals surface area contributed by atoms with Gasteiger partial charge in [-0.2, -0.15) is 0 Å². The lowest BCUT2D eigenvalue weighted by Crippen LogP contribution is -2.52. The molecule has 0 bridgehead atoms. The van der Waals surface area contributed by atoms with Crippen molar-refractivity contribution in [3.8, 4) is 0 Å². The first kappa shape index (κ1) is 16.4. The van der Waals surface area contributed by atoms with Gasteiger partial charge in [-0.3, -0.25) is 9.69 Å². The maximum absolute atomic E-state index is 12.3. The van der Waals surface area contributed by atoms with Crippen LogP contribution >= 0.6 is 0 Å². The van der Waals surface area contributed by atoms with E-state index in [1.165, 1.54) is 6.42 Å². The lowest BCUT2D eigenvalue weighted by atomic mass is 9.91. The highest BCUT2D eigenvalue weighted by Gasteiger charge is 2.29. The Morgan fingerprint density at radius 2 is 2.00 bits per heavy atom. The number of nitrogens with two attached hydrogens (primary N) is 1. The molecule has 3 atom stereocenters. The predicted octanol–water partition coefficient (Wildman–Crippen LogP) is 1.74. The Hall–Kier alpha value is -0.610. The van der Waals surface area contributed by atoms with E-state index in [-0.39, 0.29) is 18.0 Å². The topological polar surface area (TPSA) is 58.4 Å². The zero-order chi connectivity index (χ0) is 14.4. The number of carbonyl (C=O) groups excluding carboxylic acids is 1. The summed E-state index contributed by atoms with van der Waals surface area (Å²) in [5, 5.41) is 3.15. The van der Waals surface area contributed by atoms with Crippen LogP contribution in [0, 0.1) is 5.92 Å². The van der Waals surface area contributed by atoms with E-state index in [4.69, 9.17) is 5.73 Å². The molecule has 1 heterocycles. The van der Waals surface area contributed by atoms with Crippen molar-refractivity contribution in [3.05, 3.63) is 0 Å². The second-order valence-corrected chi connectivity index (χ2v) is 5.95. The summed E-state index contributed by atoms with van der Waals surface area (Å²) in [6.07, 6.45) is 4.33. The summed E-state index contributed by atoms with van der Waals surface area (Å²) in [7, 11) is 0. The van der Waals surface area contributed by atoms with Gasteiger partial charge >= 0.3 is 0 Å². The van der Waals surface area contributed by atoms with E-state index in [1.54, 1.807) is 0 Å². The maximum atomic E-state index is 12.3. The number of likely N-dealkylation sites (tertiary alicyclic amines) is 1. The lowest BCUT2D eigenvalue weighted by Gasteiger charge is -2.38. The number of nitrogens with one attached hydrogen (secondary N) is 1. The summed E-state index contributed by atoms with van der Waals surface area (Å²) in [4.78, 5) is 14.5. The minimum atomic E-state index is -0.0397. The molecule has 0 aromatic heterocycles. The van der Waals surface area contributed by atoms with Crippen LogP contribution in [0.15, 0.2) is 0 Å². The van der Waals surface area contributed by atoms with E-state index in [2.05, 4.69) is 31.0 Å². The van der Waals surface area contributed by atoms with E-state index in [0.29, 0.717) is 12.0 Å². The Bertz CT molecular complexity index is 277. The third-order valence-electron chi connectivity index (χ3n) is 4.49. The summed E-state index contributed by atoms with van der Waals surface area (Å²) in [5.74, 6) is 0.691. The van der Waals surface area contributed by atoms with E-state index in [9.17, 15) is 4.79 Å². The molecule has 4 nitrogen and oxygen atoms in total. The van der Waals surface area contributed by atoms with Crippen molar-refractivity contribution in [2.24, 2.45) is 11.7 Å². The highest BCUT2D eigenvalue weighted by Crippen LogP contribution is 2.20. The lowest BCUT2D eigenvalue weighted by molar-refractivity contribution is -0.127. The molecule has 0 aliphatic carbocycles. The van der Waals surface area contributed by atoms with Gasteiger partial charge in [0.2, 0.25) is 5.91 Å². The molecule has 1 aliphatic rings. The van der Waals surface area contributed by atoms with Crippen LogP contribution in [0.4, 0.5) is 0 Å². The summed E-state index contributed by atoms with van der Waals surface area (Å²) in [5.41, 5.74) is 6.00. The molecular weight excluding hydrogens is 238 g/mol. The van der Waals surface area contributed by atoms with Crippen molar-refractivity contribution < 1.29 is 4.79 Å². The standard InChI is InChI=1S/C15H31N3O/c1-5-14(6-2)17-15(19)12(4)18-9-7-8-13(10-18)11(3)16/h11-14H,5-10,16H2,1-4H3,(H,17,19). The summed E-state index contributed by atoms with van der Waals surface area (Å²) < 4.78 is 0. The second kappa shape index (κ2) is 7.85. The van der Waals surface area contributed by atoms with Crippen LogP contribution in [0.2, 0.25) is 0 Å². The summed E-state index contributed by atoms with van der Waals surface area (Å²) >= 11 is 0. The molecule has 19 heavy (non-hydrogen) atoms. The van der Waals surface area contributed by atoms with Crippen molar-refractivity contribution in [1.29, 1.82) is 0 Å². The van der Waals surface area contributed by atoms with E-state index in [1.807, 2.05) is 6.92 Å². The van der Waals surface area contributed by atoms with Gasteiger partial charge in [-0.1, -0.05) is 13.8 Å². The molecule has 1 saturated heterocycles. The number of amides is 1. The first-order valence-corrected chi connectivity index (χ1v) is 7.79. The quantitative estimate of drug-likeness (QED) is 0.772. The van der Waals surface area contributed by atoms with Gasteiger partial charge in [0.1, 0.15) is 0 Å². The fraction of sp³-hybridized carbons (Fsp3) is 0.933. The zero-order valence-electron chi connectivity index (χ0n) is 13.0. The Labute approximate surface area is 118 Å². The molecule has 1 amide bonds. The van der Waals surface area contributed by atoms with Crippen molar-refractivity contribution >= 4 is 5.91 Å². The van der Waals surface area contributed by atoms with Gasteiger partial charge in [0, 0.05) is 18.6 Å². The molecule has 3 N–H and O–H groups in total. The van der Waals surface area contributed by atoms with Gasteiger partial charge in [0.05, 0.1) is 6.04 Å².